The van der Waals surface area contributed by atoms with Crippen LogP contribution < -0.4 is 9.47 Å². The summed E-state index contributed by atoms with van der Waals surface area (Å²) in [5, 5.41) is 0. The molecule has 4 aromatic carbocycles. The molecule has 0 spiro atoms. The summed E-state index contributed by atoms with van der Waals surface area (Å²) in [5.41, 5.74) is 4.80. The summed E-state index contributed by atoms with van der Waals surface area (Å²) in [5.74, 6) is 4.47. The summed E-state index contributed by atoms with van der Waals surface area (Å²) >= 11 is 0. The van der Waals surface area contributed by atoms with Crippen molar-refractivity contribution >= 4 is 36.1 Å². The standard InChI is InChI=1S/C16H20O2.C15H22O3.C13H16O2.C13H18O2.C13H18O/c1-13(2)15(17)18-16(11-7-4-8-12-16)14-9-5-3-6-10-14;1-9(2)15(16)18-8-17-14-12-4-10-3-11(6-12)7-13(14)5-10;1-5-10-6-8-11(9-7-10)12(14)15-13(2,3)4;1-5-11-6-8-12(9-7-11)15-13(14-4)10(2)3;1-5-11-7-9-12(10-8-11)14-13(3,4)6-2/h3,5-6,9-10H,1,4,7-8,11-12H2,2H3;10-14H,1,3-8H2,2H3;5-9H,1H2,2-4H3;5-10,13H,1H2,2-4H3;5,7-10H,1,6H2,2-4H3. The fraction of sp³-hybridized carbons (Fsp3) is 0.471. The van der Waals surface area contributed by atoms with Gasteiger partial charge in [0, 0.05) is 24.2 Å². The molecule has 1 unspecified atom stereocenters. The first kappa shape index (κ1) is 66.0. The Hall–Kier alpha value is -6.49. The minimum absolute atomic E-state index is 0.0876. The summed E-state index contributed by atoms with van der Waals surface area (Å²) in [4.78, 5) is 34.8. The first-order chi connectivity index (χ1) is 37.9. The van der Waals surface area contributed by atoms with E-state index in [-0.39, 0.29) is 36.6 Å². The average molecular weight is 1100 g/mol. The molecule has 434 valence electrons. The van der Waals surface area contributed by atoms with Crippen LogP contribution in [0.1, 0.15) is 172 Å². The number of hydrogen-bond acceptors (Lipinski definition) is 10. The topological polar surface area (TPSA) is 116 Å². The lowest BCUT2D eigenvalue weighted by Gasteiger charge is -2.53. The molecule has 0 amide bonds. The van der Waals surface area contributed by atoms with E-state index in [9.17, 15) is 14.4 Å². The van der Waals surface area contributed by atoms with Gasteiger partial charge in [-0.2, -0.15) is 0 Å². The van der Waals surface area contributed by atoms with Crippen molar-refractivity contribution in [2.24, 2.45) is 29.6 Å². The van der Waals surface area contributed by atoms with Crippen molar-refractivity contribution < 1.29 is 47.5 Å². The van der Waals surface area contributed by atoms with Crippen LogP contribution in [0.15, 0.2) is 147 Å². The van der Waals surface area contributed by atoms with Gasteiger partial charge in [-0.25, -0.2) is 14.4 Å². The minimum atomic E-state index is -0.450. The van der Waals surface area contributed by atoms with E-state index in [0.717, 1.165) is 77.7 Å². The van der Waals surface area contributed by atoms with Crippen LogP contribution in [0.4, 0.5) is 0 Å². The molecule has 0 N–H and O–H groups in total. The Balaban J connectivity index is 0.000000216. The van der Waals surface area contributed by atoms with E-state index in [1.807, 2.05) is 106 Å². The van der Waals surface area contributed by atoms with Gasteiger partial charge in [0.1, 0.15) is 28.3 Å². The number of benzene rings is 4. The van der Waals surface area contributed by atoms with E-state index in [4.69, 9.17) is 33.2 Å². The van der Waals surface area contributed by atoms with Gasteiger partial charge in [-0.1, -0.05) is 145 Å². The van der Waals surface area contributed by atoms with Gasteiger partial charge in [0.2, 0.25) is 6.29 Å². The molecule has 0 radical (unpaired) electrons. The Labute approximate surface area is 480 Å². The van der Waals surface area contributed by atoms with Gasteiger partial charge >= 0.3 is 17.9 Å². The molecule has 10 nitrogen and oxygen atoms in total. The summed E-state index contributed by atoms with van der Waals surface area (Å²) in [6.07, 6.45) is 18.5. The zero-order valence-corrected chi connectivity index (χ0v) is 50.2. The van der Waals surface area contributed by atoms with Gasteiger partial charge in [-0.15, -0.1) is 0 Å². The van der Waals surface area contributed by atoms with Crippen LogP contribution >= 0.6 is 0 Å². The molecule has 5 aliphatic rings. The van der Waals surface area contributed by atoms with E-state index in [1.165, 1.54) is 38.5 Å². The maximum atomic E-state index is 11.9. The number of esters is 3. The molecule has 0 aliphatic heterocycles. The average Bonchev–Trinajstić information content (AvgIpc) is 3.45. The molecule has 0 saturated heterocycles. The molecule has 0 aromatic heterocycles. The second kappa shape index (κ2) is 32.1. The Morgan fingerprint density at radius 2 is 1.12 bits per heavy atom. The molecule has 0 heterocycles. The number of hydrogen-bond donors (Lipinski definition) is 0. The third-order valence-corrected chi connectivity index (χ3v) is 14.8. The molecule has 9 rings (SSSR count). The van der Waals surface area contributed by atoms with Gasteiger partial charge in [-0.05, 0) is 195 Å². The highest BCUT2D eigenvalue weighted by Crippen LogP contribution is 2.54. The van der Waals surface area contributed by atoms with Crippen molar-refractivity contribution in [3.63, 3.8) is 0 Å². The molecular formula is C70H94O10. The van der Waals surface area contributed by atoms with E-state index < -0.39 is 11.2 Å². The normalized spacial score (nSPS) is 19.6. The molecule has 1 atom stereocenters. The van der Waals surface area contributed by atoms with Gasteiger partial charge in [0.25, 0.3) is 0 Å². The molecular weight excluding hydrogens is 1000 g/mol. The van der Waals surface area contributed by atoms with Crippen LogP contribution in [0, 0.1) is 29.6 Å². The summed E-state index contributed by atoms with van der Waals surface area (Å²) < 4.78 is 38.6. The molecule has 5 aliphatic carbocycles. The lowest BCUT2D eigenvalue weighted by atomic mass is 9.55. The van der Waals surface area contributed by atoms with Crippen LogP contribution in [0.3, 0.4) is 0 Å². The number of carbonyl (C=O) groups excluding carboxylic acids is 3. The van der Waals surface area contributed by atoms with E-state index in [0.29, 0.717) is 40.6 Å². The van der Waals surface area contributed by atoms with Crippen molar-refractivity contribution in [2.75, 3.05) is 13.9 Å². The fourth-order valence-electron chi connectivity index (χ4n) is 10.4. The summed E-state index contributed by atoms with van der Waals surface area (Å²) in [7, 11) is 1.66. The monoisotopic (exact) mass is 1090 g/mol. The number of ether oxygens (including phenoxy) is 7. The fourth-order valence-corrected chi connectivity index (χ4v) is 10.4. The molecule has 10 heteroatoms. The predicted molar refractivity (Wildman–Crippen MR) is 326 cm³/mol. The maximum Gasteiger partial charge on any atom is 0.338 e. The lowest BCUT2D eigenvalue weighted by molar-refractivity contribution is -0.183. The highest BCUT2D eigenvalue weighted by Gasteiger charge is 2.49. The third kappa shape index (κ3) is 21.9. The Morgan fingerprint density at radius 1 is 0.650 bits per heavy atom. The van der Waals surface area contributed by atoms with Crippen molar-refractivity contribution in [2.45, 2.75) is 169 Å². The van der Waals surface area contributed by atoms with Crippen molar-refractivity contribution in [1.29, 1.82) is 0 Å². The number of methoxy groups -OCH3 is 1. The predicted octanol–water partition coefficient (Wildman–Crippen LogP) is 17.4. The van der Waals surface area contributed by atoms with Crippen LogP contribution in [0.25, 0.3) is 18.2 Å². The van der Waals surface area contributed by atoms with E-state index >= 15 is 0 Å². The van der Waals surface area contributed by atoms with Gasteiger partial charge in [-0.3, -0.25) is 0 Å². The molecule has 5 saturated carbocycles. The van der Waals surface area contributed by atoms with Crippen LogP contribution in [-0.2, 0) is 38.9 Å². The molecule has 4 bridgehead atoms. The second-order valence-corrected chi connectivity index (χ2v) is 23.5. The molecule has 4 aromatic rings. The number of carbonyl (C=O) groups is 3. The Bertz CT molecular complexity index is 2550. The maximum absolute atomic E-state index is 11.9. The van der Waals surface area contributed by atoms with Gasteiger partial charge in [0.05, 0.1) is 11.7 Å². The minimum Gasteiger partial charge on any atom is -0.488 e. The smallest absolute Gasteiger partial charge is 0.338 e. The van der Waals surface area contributed by atoms with Crippen LogP contribution in [0.5, 0.6) is 11.5 Å². The summed E-state index contributed by atoms with van der Waals surface area (Å²) in [6, 6.07) is 33.0. The van der Waals surface area contributed by atoms with E-state index in [1.54, 1.807) is 45.2 Å². The molecule has 5 fully saturated rings. The molecule has 80 heavy (non-hydrogen) atoms. The second-order valence-electron chi connectivity index (χ2n) is 23.5. The zero-order chi connectivity index (χ0) is 59.0. The first-order valence-electron chi connectivity index (χ1n) is 28.6. The third-order valence-electron chi connectivity index (χ3n) is 14.8. The van der Waals surface area contributed by atoms with Crippen LogP contribution in [0.2, 0.25) is 0 Å². The lowest BCUT2D eigenvalue weighted by Crippen LogP contribution is -2.49. The Morgan fingerprint density at radius 3 is 1.55 bits per heavy atom. The van der Waals surface area contributed by atoms with Crippen LogP contribution in [-0.4, -0.2) is 55.4 Å². The number of rotatable bonds is 18. The SMILES string of the molecule is C=C(C)C(=O)OC1(c2ccccc2)CCCCC1.C=C(C)C(=O)OCOC1C2CC3CC(C2)CC1C3.C=Cc1ccc(C(=O)OC(C)(C)C)cc1.C=Cc1ccc(OC(C)(C)CC)cc1.C=Cc1ccc(OC(OC)C(C)C)cc1. The highest BCUT2D eigenvalue weighted by atomic mass is 16.7. The Kier molecular flexibility index (Phi) is 26.5. The zero-order valence-electron chi connectivity index (χ0n) is 50.2. The van der Waals surface area contributed by atoms with Crippen molar-refractivity contribution in [3.8, 4) is 11.5 Å². The first-order valence-corrected chi connectivity index (χ1v) is 28.6. The van der Waals surface area contributed by atoms with Crippen molar-refractivity contribution in [1.82, 2.24) is 0 Å². The van der Waals surface area contributed by atoms with Crippen molar-refractivity contribution in [3.05, 3.63) is 175 Å². The van der Waals surface area contributed by atoms with E-state index in [2.05, 4.69) is 79.6 Å². The van der Waals surface area contributed by atoms with Gasteiger partial charge < -0.3 is 33.2 Å². The quantitative estimate of drug-likeness (QED) is 0.0413. The summed E-state index contributed by atoms with van der Waals surface area (Å²) in [6.45, 7) is 37.7. The van der Waals surface area contributed by atoms with Gasteiger partial charge in [0.15, 0.2) is 6.79 Å². The largest absolute Gasteiger partial charge is 0.488 e. The highest BCUT2D eigenvalue weighted by molar-refractivity contribution is 5.90.